The molecule has 1 saturated heterocycles. The summed E-state index contributed by atoms with van der Waals surface area (Å²) in [5.74, 6) is 0.957. The highest BCUT2D eigenvalue weighted by atomic mass is 35.5. The van der Waals surface area contributed by atoms with Gasteiger partial charge in [0.25, 0.3) is 0 Å². The molecule has 3 aromatic rings. The molecule has 0 bridgehead atoms. The summed E-state index contributed by atoms with van der Waals surface area (Å²) in [7, 11) is 0. The van der Waals surface area contributed by atoms with E-state index in [0.717, 1.165) is 42.9 Å². The quantitative estimate of drug-likeness (QED) is 0.635. The van der Waals surface area contributed by atoms with Crippen LogP contribution in [0.2, 0.25) is 10.0 Å². The first-order valence-electron chi connectivity index (χ1n) is 8.26. The number of rotatable bonds is 3. The smallest absolute Gasteiger partial charge is 0.129 e. The second kappa shape index (κ2) is 7.08. The fraction of sp³-hybridized carbons (Fsp3) is 0.333. The van der Waals surface area contributed by atoms with Crippen LogP contribution in [-0.4, -0.2) is 41.0 Å². The summed E-state index contributed by atoms with van der Waals surface area (Å²) in [6.07, 6.45) is 1.88. The number of hydrogen-bond donors (Lipinski definition) is 0. The van der Waals surface area contributed by atoms with Crippen molar-refractivity contribution in [2.45, 2.75) is 13.0 Å². The van der Waals surface area contributed by atoms with Crippen molar-refractivity contribution in [2.24, 2.45) is 0 Å². The Morgan fingerprint density at radius 3 is 2.56 bits per heavy atom. The third-order valence-corrected chi connectivity index (χ3v) is 6.47. The van der Waals surface area contributed by atoms with Crippen molar-refractivity contribution in [1.82, 2.24) is 14.9 Å². The van der Waals surface area contributed by atoms with E-state index in [0.29, 0.717) is 16.1 Å². The number of anilines is 1. The van der Waals surface area contributed by atoms with E-state index in [1.165, 1.54) is 5.01 Å². The SMILES string of the molecule is CC(c1nccs1)N1CCN(c2ccc3ccc(Cl)c(Cl)c3n2)CC1. The minimum atomic E-state index is 0.361. The summed E-state index contributed by atoms with van der Waals surface area (Å²) in [4.78, 5) is 14.0. The molecule has 1 aromatic carbocycles. The Morgan fingerprint density at radius 2 is 1.84 bits per heavy atom. The first kappa shape index (κ1) is 17.0. The molecule has 3 heterocycles. The van der Waals surface area contributed by atoms with E-state index in [1.54, 1.807) is 11.3 Å². The summed E-state index contributed by atoms with van der Waals surface area (Å²) in [5.41, 5.74) is 0.769. The molecule has 1 aliphatic heterocycles. The normalized spacial score (nSPS) is 17.2. The number of nitrogens with zero attached hydrogens (tertiary/aromatic N) is 4. The first-order chi connectivity index (χ1) is 12.1. The fourth-order valence-corrected chi connectivity index (χ4v) is 4.33. The van der Waals surface area contributed by atoms with Crippen LogP contribution in [0.25, 0.3) is 10.9 Å². The average molecular weight is 393 g/mol. The topological polar surface area (TPSA) is 32.3 Å². The summed E-state index contributed by atoms with van der Waals surface area (Å²) >= 11 is 14.2. The van der Waals surface area contributed by atoms with Crippen molar-refractivity contribution in [3.63, 3.8) is 0 Å². The molecule has 7 heteroatoms. The van der Waals surface area contributed by atoms with Crippen LogP contribution >= 0.6 is 34.5 Å². The van der Waals surface area contributed by atoms with E-state index in [9.17, 15) is 0 Å². The molecule has 0 aliphatic carbocycles. The van der Waals surface area contributed by atoms with Gasteiger partial charge >= 0.3 is 0 Å². The van der Waals surface area contributed by atoms with Crippen molar-refractivity contribution in [3.05, 3.63) is 50.9 Å². The standard InChI is InChI=1S/C18H18Cl2N4S/c1-12(18-21-6-11-25-18)23-7-9-24(10-8-23)15-5-3-13-2-4-14(19)16(20)17(13)22-15/h2-6,11-12H,7-10H2,1H3. The Balaban J connectivity index is 1.51. The zero-order valence-corrected chi connectivity index (χ0v) is 16.2. The largest absolute Gasteiger partial charge is 0.354 e. The lowest BCUT2D eigenvalue weighted by Gasteiger charge is -2.38. The van der Waals surface area contributed by atoms with Gasteiger partial charge < -0.3 is 4.90 Å². The van der Waals surface area contributed by atoms with Crippen molar-refractivity contribution < 1.29 is 0 Å². The van der Waals surface area contributed by atoms with Gasteiger partial charge in [0.1, 0.15) is 10.8 Å². The molecule has 130 valence electrons. The Morgan fingerprint density at radius 1 is 1.08 bits per heavy atom. The molecule has 0 N–H and O–H groups in total. The maximum absolute atomic E-state index is 6.33. The number of halogens is 2. The highest BCUT2D eigenvalue weighted by Gasteiger charge is 2.24. The molecule has 4 rings (SSSR count). The molecule has 0 saturated carbocycles. The van der Waals surface area contributed by atoms with Gasteiger partial charge in [-0.3, -0.25) is 4.90 Å². The average Bonchev–Trinajstić information content (AvgIpc) is 3.19. The van der Waals surface area contributed by atoms with Crippen LogP contribution in [0.3, 0.4) is 0 Å². The zero-order valence-electron chi connectivity index (χ0n) is 13.8. The lowest BCUT2D eigenvalue weighted by Crippen LogP contribution is -2.47. The third-order valence-electron chi connectivity index (χ3n) is 4.73. The van der Waals surface area contributed by atoms with Crippen LogP contribution in [0.4, 0.5) is 5.82 Å². The predicted molar refractivity (Wildman–Crippen MR) is 106 cm³/mol. The maximum Gasteiger partial charge on any atom is 0.129 e. The third kappa shape index (κ3) is 3.34. The van der Waals surface area contributed by atoms with Gasteiger partial charge in [0.2, 0.25) is 0 Å². The predicted octanol–water partition coefficient (Wildman–Crippen LogP) is 4.88. The minimum Gasteiger partial charge on any atom is -0.354 e. The van der Waals surface area contributed by atoms with Gasteiger partial charge in [-0.25, -0.2) is 9.97 Å². The van der Waals surface area contributed by atoms with Gasteiger partial charge in [0.05, 0.1) is 21.6 Å². The number of benzene rings is 1. The summed E-state index contributed by atoms with van der Waals surface area (Å²) in [6.45, 7) is 6.08. The zero-order chi connectivity index (χ0) is 17.4. The van der Waals surface area contributed by atoms with E-state index in [-0.39, 0.29) is 0 Å². The lowest BCUT2D eigenvalue weighted by atomic mass is 10.2. The van der Waals surface area contributed by atoms with Crippen LogP contribution in [0.15, 0.2) is 35.8 Å². The van der Waals surface area contributed by atoms with Crippen LogP contribution in [0, 0.1) is 0 Å². The minimum absolute atomic E-state index is 0.361. The van der Waals surface area contributed by atoms with E-state index in [1.807, 2.05) is 23.7 Å². The monoisotopic (exact) mass is 392 g/mol. The Bertz CT molecular complexity index is 876. The van der Waals surface area contributed by atoms with E-state index in [2.05, 4.69) is 33.8 Å². The van der Waals surface area contributed by atoms with E-state index in [4.69, 9.17) is 28.2 Å². The molecule has 1 fully saturated rings. The molecule has 25 heavy (non-hydrogen) atoms. The van der Waals surface area contributed by atoms with Gasteiger partial charge in [-0.2, -0.15) is 0 Å². The molecule has 0 amide bonds. The molecule has 4 nitrogen and oxygen atoms in total. The number of fused-ring (bicyclic) bond motifs is 1. The summed E-state index contributed by atoms with van der Waals surface area (Å²) in [6, 6.07) is 8.25. The molecule has 0 spiro atoms. The van der Waals surface area contributed by atoms with Crippen molar-refractivity contribution in [1.29, 1.82) is 0 Å². The number of aromatic nitrogens is 2. The molecular formula is C18H18Cl2N4S. The molecule has 2 aromatic heterocycles. The highest BCUT2D eigenvalue weighted by molar-refractivity contribution is 7.09. The molecular weight excluding hydrogens is 375 g/mol. The van der Waals surface area contributed by atoms with Gasteiger partial charge in [-0.05, 0) is 25.1 Å². The van der Waals surface area contributed by atoms with Crippen LogP contribution in [-0.2, 0) is 0 Å². The molecule has 1 atom stereocenters. The maximum atomic E-state index is 6.33. The fourth-order valence-electron chi connectivity index (χ4n) is 3.23. The summed E-state index contributed by atoms with van der Waals surface area (Å²) < 4.78 is 0. The second-order valence-corrected chi connectivity index (χ2v) is 7.88. The molecule has 1 aliphatic rings. The van der Waals surface area contributed by atoms with Gasteiger partial charge in [0, 0.05) is 43.1 Å². The van der Waals surface area contributed by atoms with Crippen LogP contribution in [0.5, 0.6) is 0 Å². The van der Waals surface area contributed by atoms with Crippen LogP contribution < -0.4 is 4.90 Å². The molecule has 0 radical (unpaired) electrons. The molecule has 1 unspecified atom stereocenters. The summed E-state index contributed by atoms with van der Waals surface area (Å²) in [5, 5.41) is 5.29. The number of hydrogen-bond acceptors (Lipinski definition) is 5. The van der Waals surface area contributed by atoms with Crippen molar-refractivity contribution in [3.8, 4) is 0 Å². The van der Waals surface area contributed by atoms with Crippen molar-refractivity contribution in [2.75, 3.05) is 31.1 Å². The van der Waals surface area contributed by atoms with Gasteiger partial charge in [0.15, 0.2) is 0 Å². The Labute approximate surface area is 161 Å². The number of piperazine rings is 1. The number of thiazole rings is 1. The van der Waals surface area contributed by atoms with Gasteiger partial charge in [-0.1, -0.05) is 29.3 Å². The van der Waals surface area contributed by atoms with Gasteiger partial charge in [-0.15, -0.1) is 11.3 Å². The van der Waals surface area contributed by atoms with E-state index < -0.39 is 0 Å². The number of pyridine rings is 1. The van der Waals surface area contributed by atoms with Crippen molar-refractivity contribution >= 4 is 51.3 Å². The van der Waals surface area contributed by atoms with E-state index >= 15 is 0 Å². The Kier molecular flexibility index (Phi) is 4.82. The highest BCUT2D eigenvalue weighted by Crippen LogP contribution is 2.31. The van der Waals surface area contributed by atoms with Crippen LogP contribution in [0.1, 0.15) is 18.0 Å². The first-order valence-corrected chi connectivity index (χ1v) is 9.90. The Hall–Kier alpha value is -1.40. The second-order valence-electron chi connectivity index (χ2n) is 6.17. The lowest BCUT2D eigenvalue weighted by molar-refractivity contribution is 0.198.